The summed E-state index contributed by atoms with van der Waals surface area (Å²) in [7, 11) is 0. The van der Waals surface area contributed by atoms with Crippen LogP contribution < -0.4 is 0 Å². The topological polar surface area (TPSA) is 17.1 Å². The molecule has 0 aliphatic heterocycles. The van der Waals surface area contributed by atoms with Crippen molar-refractivity contribution in [1.29, 1.82) is 0 Å². The van der Waals surface area contributed by atoms with Crippen LogP contribution in [0.25, 0.3) is 0 Å². The summed E-state index contributed by atoms with van der Waals surface area (Å²) in [6, 6.07) is 0. The maximum absolute atomic E-state index is 11.8. The van der Waals surface area contributed by atoms with E-state index in [1.54, 1.807) is 0 Å². The Kier molecular flexibility index (Phi) is 1.97. The lowest BCUT2D eigenvalue weighted by molar-refractivity contribution is -0.122. The van der Waals surface area contributed by atoms with Gasteiger partial charge in [-0.15, -0.1) is 0 Å². The molecule has 4 saturated carbocycles. The molecule has 0 heterocycles. The van der Waals surface area contributed by atoms with Crippen molar-refractivity contribution < 1.29 is 4.79 Å². The first-order chi connectivity index (χ1) is 7.41. The summed E-state index contributed by atoms with van der Waals surface area (Å²) >= 11 is 0. The van der Waals surface area contributed by atoms with Gasteiger partial charge in [0.1, 0.15) is 5.78 Å². The predicted molar refractivity (Wildman–Crippen MR) is 65.0 cm³/mol. The molecule has 4 fully saturated rings. The Bertz CT molecular complexity index is 331. The van der Waals surface area contributed by atoms with E-state index < -0.39 is 0 Å². The van der Waals surface area contributed by atoms with Gasteiger partial charge >= 0.3 is 0 Å². The highest BCUT2D eigenvalue weighted by molar-refractivity contribution is 5.80. The lowest BCUT2D eigenvalue weighted by Crippen LogP contribution is -2.28. The van der Waals surface area contributed by atoms with Crippen LogP contribution in [0, 0.1) is 34.5 Å². The molecule has 2 unspecified atom stereocenters. The van der Waals surface area contributed by atoms with E-state index in [0.29, 0.717) is 16.6 Å². The third-order valence-electron chi connectivity index (χ3n) is 6.66. The maximum Gasteiger partial charge on any atom is 0.135 e. The molecule has 4 bridgehead atoms. The molecular weight excluding hydrogens is 196 g/mol. The van der Waals surface area contributed by atoms with Gasteiger partial charge in [-0.05, 0) is 47.8 Å². The molecule has 0 aromatic carbocycles. The van der Waals surface area contributed by atoms with Crippen molar-refractivity contribution in [2.45, 2.75) is 53.4 Å². The van der Waals surface area contributed by atoms with Crippen molar-refractivity contribution in [1.82, 2.24) is 0 Å². The molecule has 90 valence electrons. The molecule has 16 heavy (non-hydrogen) atoms. The van der Waals surface area contributed by atoms with E-state index in [2.05, 4.69) is 13.8 Å². The van der Waals surface area contributed by atoms with E-state index in [-0.39, 0.29) is 5.92 Å². The Labute approximate surface area is 99.0 Å². The standard InChI is InChI=1S/C15H24O/c1-9(2)13(16)5-6-14(3)10-7-11-12(8-10)15(11,14)4/h9-12H,5-8H2,1-4H3/t10?,11-,12+,14-,15?/m0/s1. The highest BCUT2D eigenvalue weighted by Crippen LogP contribution is 2.87. The lowest BCUT2D eigenvalue weighted by Gasteiger charge is -2.34. The summed E-state index contributed by atoms with van der Waals surface area (Å²) < 4.78 is 0. The maximum atomic E-state index is 11.8. The van der Waals surface area contributed by atoms with E-state index >= 15 is 0 Å². The molecule has 4 aliphatic carbocycles. The highest BCUT2D eigenvalue weighted by atomic mass is 16.1. The minimum atomic E-state index is 0.225. The van der Waals surface area contributed by atoms with Gasteiger partial charge in [0.05, 0.1) is 0 Å². The predicted octanol–water partition coefficient (Wildman–Crippen LogP) is 3.67. The quantitative estimate of drug-likeness (QED) is 0.706. The second-order valence-electron chi connectivity index (χ2n) is 7.20. The Morgan fingerprint density at radius 2 is 1.81 bits per heavy atom. The van der Waals surface area contributed by atoms with Crippen LogP contribution in [0.4, 0.5) is 0 Å². The van der Waals surface area contributed by atoms with Gasteiger partial charge in [-0.2, -0.15) is 0 Å². The van der Waals surface area contributed by atoms with Gasteiger partial charge in [-0.3, -0.25) is 4.79 Å². The summed E-state index contributed by atoms with van der Waals surface area (Å²) in [6.45, 7) is 9.02. The Hall–Kier alpha value is -0.330. The second kappa shape index (κ2) is 2.91. The van der Waals surface area contributed by atoms with E-state index in [0.717, 1.165) is 30.6 Å². The fourth-order valence-electron chi connectivity index (χ4n) is 5.18. The zero-order valence-electron chi connectivity index (χ0n) is 11.0. The van der Waals surface area contributed by atoms with E-state index in [4.69, 9.17) is 0 Å². The van der Waals surface area contributed by atoms with Crippen LogP contribution in [0.5, 0.6) is 0 Å². The summed E-state index contributed by atoms with van der Waals surface area (Å²) in [5.74, 6) is 3.68. The SMILES string of the molecule is CC(C)C(=O)CC[C@@]1(C)C2C[C@@H]3[C@H](C2)C31C. The fraction of sp³-hybridized carbons (Fsp3) is 0.933. The molecule has 5 atom stereocenters. The number of carbonyl (C=O) groups excluding carboxylic acids is 1. The van der Waals surface area contributed by atoms with Gasteiger partial charge in [-0.1, -0.05) is 27.7 Å². The lowest BCUT2D eigenvalue weighted by atomic mass is 9.70. The van der Waals surface area contributed by atoms with Crippen molar-refractivity contribution >= 4 is 5.78 Å². The Morgan fingerprint density at radius 3 is 2.19 bits per heavy atom. The number of Topliss-reactive ketones (excluding diaryl/α,β-unsaturated/α-hetero) is 1. The van der Waals surface area contributed by atoms with Crippen molar-refractivity contribution in [2.24, 2.45) is 34.5 Å². The minimum Gasteiger partial charge on any atom is -0.299 e. The van der Waals surface area contributed by atoms with Gasteiger partial charge in [0.25, 0.3) is 0 Å². The van der Waals surface area contributed by atoms with Crippen molar-refractivity contribution in [3.05, 3.63) is 0 Å². The van der Waals surface area contributed by atoms with Crippen LogP contribution in [0.2, 0.25) is 0 Å². The molecule has 0 spiro atoms. The molecule has 0 N–H and O–H groups in total. The number of ketones is 1. The van der Waals surface area contributed by atoms with Gasteiger partial charge in [0.2, 0.25) is 0 Å². The normalized spacial score (nSPS) is 52.4. The van der Waals surface area contributed by atoms with E-state index in [1.165, 1.54) is 12.8 Å². The molecule has 1 nitrogen and oxygen atoms in total. The number of rotatable bonds is 4. The van der Waals surface area contributed by atoms with E-state index in [9.17, 15) is 4.79 Å². The van der Waals surface area contributed by atoms with Gasteiger partial charge in [-0.25, -0.2) is 0 Å². The van der Waals surface area contributed by atoms with Gasteiger partial charge < -0.3 is 0 Å². The number of hydrogen-bond donors (Lipinski definition) is 0. The summed E-state index contributed by atoms with van der Waals surface area (Å²) in [6.07, 6.45) is 4.90. The molecule has 0 aromatic heterocycles. The van der Waals surface area contributed by atoms with Crippen molar-refractivity contribution in [3.8, 4) is 0 Å². The largest absolute Gasteiger partial charge is 0.299 e. The Morgan fingerprint density at radius 1 is 1.25 bits per heavy atom. The molecule has 4 aliphatic rings. The first kappa shape index (κ1) is 10.8. The van der Waals surface area contributed by atoms with Crippen LogP contribution in [0.1, 0.15) is 53.4 Å². The molecule has 0 radical (unpaired) electrons. The second-order valence-corrected chi connectivity index (χ2v) is 7.20. The molecule has 0 saturated heterocycles. The minimum absolute atomic E-state index is 0.225. The average Bonchev–Trinajstić information content (AvgIpc) is 2.58. The van der Waals surface area contributed by atoms with Gasteiger partial charge in [0, 0.05) is 12.3 Å². The van der Waals surface area contributed by atoms with Gasteiger partial charge in [0.15, 0.2) is 0 Å². The van der Waals surface area contributed by atoms with Crippen LogP contribution in [-0.4, -0.2) is 5.78 Å². The van der Waals surface area contributed by atoms with Crippen LogP contribution in [0.3, 0.4) is 0 Å². The first-order valence-electron chi connectivity index (χ1n) is 6.94. The third-order valence-corrected chi connectivity index (χ3v) is 6.66. The van der Waals surface area contributed by atoms with Crippen LogP contribution in [-0.2, 0) is 4.79 Å². The molecule has 1 heteroatoms. The first-order valence-corrected chi connectivity index (χ1v) is 6.94. The van der Waals surface area contributed by atoms with E-state index in [1.807, 2.05) is 13.8 Å². The zero-order chi connectivity index (χ0) is 11.7. The number of carbonyl (C=O) groups is 1. The van der Waals surface area contributed by atoms with Crippen LogP contribution >= 0.6 is 0 Å². The summed E-state index contributed by atoms with van der Waals surface area (Å²) in [5, 5.41) is 0. The number of hydrogen-bond acceptors (Lipinski definition) is 1. The van der Waals surface area contributed by atoms with Crippen molar-refractivity contribution in [3.63, 3.8) is 0 Å². The monoisotopic (exact) mass is 220 g/mol. The smallest absolute Gasteiger partial charge is 0.135 e. The average molecular weight is 220 g/mol. The molecule has 4 rings (SSSR count). The summed E-state index contributed by atoms with van der Waals surface area (Å²) in [4.78, 5) is 11.8. The molecule has 0 amide bonds. The van der Waals surface area contributed by atoms with Crippen LogP contribution in [0.15, 0.2) is 0 Å². The third kappa shape index (κ3) is 1.01. The molecular formula is C15H24O. The fourth-order valence-corrected chi connectivity index (χ4v) is 5.18. The highest BCUT2D eigenvalue weighted by Gasteiger charge is 2.80. The summed E-state index contributed by atoms with van der Waals surface area (Å²) in [5.41, 5.74) is 1.11. The van der Waals surface area contributed by atoms with Crippen molar-refractivity contribution in [2.75, 3.05) is 0 Å². The zero-order valence-corrected chi connectivity index (χ0v) is 11.0. The molecule has 0 aromatic rings. The Balaban J connectivity index is 1.70.